The summed E-state index contributed by atoms with van der Waals surface area (Å²) >= 11 is 3.25. The van der Waals surface area contributed by atoms with Crippen molar-refractivity contribution in [3.8, 4) is 5.75 Å². The molecule has 0 heterocycles. The fraction of sp³-hybridized carbons (Fsp3) is 0.385. The van der Waals surface area contributed by atoms with Gasteiger partial charge in [-0.15, -0.1) is 0 Å². The summed E-state index contributed by atoms with van der Waals surface area (Å²) in [5.74, 6) is -0.901. The third kappa shape index (κ3) is 3.94. The number of hydrogen-bond donors (Lipinski definition) is 2. The molecule has 2 atom stereocenters. The zero-order valence-corrected chi connectivity index (χ0v) is 12.9. The number of ether oxygens (including phenoxy) is 2. The van der Waals surface area contributed by atoms with Crippen LogP contribution in [0.3, 0.4) is 0 Å². The molecular formula is C13H16BrNO5. The summed E-state index contributed by atoms with van der Waals surface area (Å²) < 4.78 is 10.3. The lowest BCUT2D eigenvalue weighted by Crippen LogP contribution is -2.48. The van der Waals surface area contributed by atoms with E-state index in [9.17, 15) is 14.7 Å². The van der Waals surface area contributed by atoms with E-state index >= 15 is 0 Å². The van der Waals surface area contributed by atoms with Crippen molar-refractivity contribution in [1.82, 2.24) is 5.32 Å². The summed E-state index contributed by atoms with van der Waals surface area (Å²) in [5, 5.41) is 12.0. The third-order valence-corrected chi connectivity index (χ3v) is 3.12. The van der Waals surface area contributed by atoms with Crippen LogP contribution in [0.4, 0.5) is 0 Å². The Hall–Kier alpha value is -1.60. The van der Waals surface area contributed by atoms with E-state index in [1.165, 1.54) is 21.1 Å². The second-order valence-electron chi connectivity index (χ2n) is 4.06. The summed E-state index contributed by atoms with van der Waals surface area (Å²) in [6, 6.07) is 3.76. The van der Waals surface area contributed by atoms with Crippen LogP contribution in [0.2, 0.25) is 0 Å². The Labute approximate surface area is 125 Å². The molecule has 0 unspecified atom stereocenters. The summed E-state index contributed by atoms with van der Waals surface area (Å²) in [5.41, 5.74) is 0.247. The largest absolute Gasteiger partial charge is 0.496 e. The first-order valence-corrected chi connectivity index (χ1v) is 6.60. The van der Waals surface area contributed by atoms with E-state index in [1.54, 1.807) is 18.2 Å². The molecule has 0 spiro atoms. The van der Waals surface area contributed by atoms with E-state index < -0.39 is 24.0 Å². The van der Waals surface area contributed by atoms with Crippen LogP contribution >= 0.6 is 15.9 Å². The van der Waals surface area contributed by atoms with Crippen molar-refractivity contribution >= 4 is 27.8 Å². The first kappa shape index (κ1) is 16.5. The van der Waals surface area contributed by atoms with E-state index in [2.05, 4.69) is 26.0 Å². The van der Waals surface area contributed by atoms with Crippen molar-refractivity contribution in [2.75, 3.05) is 14.2 Å². The molecule has 0 saturated carbocycles. The smallest absolute Gasteiger partial charge is 0.331 e. The number of amides is 1. The van der Waals surface area contributed by atoms with Crippen LogP contribution in [0, 0.1) is 0 Å². The number of aliphatic hydroxyl groups excluding tert-OH is 1. The van der Waals surface area contributed by atoms with Crippen LogP contribution in [0.1, 0.15) is 17.3 Å². The lowest BCUT2D eigenvalue weighted by Gasteiger charge is -2.19. The predicted molar refractivity (Wildman–Crippen MR) is 75.6 cm³/mol. The van der Waals surface area contributed by atoms with E-state index in [4.69, 9.17) is 4.74 Å². The maximum Gasteiger partial charge on any atom is 0.331 e. The molecule has 1 rings (SSSR count). The van der Waals surface area contributed by atoms with Gasteiger partial charge in [0.05, 0.1) is 25.9 Å². The zero-order valence-electron chi connectivity index (χ0n) is 11.3. The van der Waals surface area contributed by atoms with E-state index in [0.717, 1.165) is 0 Å². The number of carbonyl (C=O) groups is 2. The van der Waals surface area contributed by atoms with Gasteiger partial charge in [-0.1, -0.05) is 15.9 Å². The van der Waals surface area contributed by atoms with Crippen molar-refractivity contribution < 1.29 is 24.2 Å². The molecule has 0 aliphatic rings. The maximum atomic E-state index is 12.2. The number of benzene rings is 1. The fourth-order valence-corrected chi connectivity index (χ4v) is 1.94. The summed E-state index contributed by atoms with van der Waals surface area (Å²) in [4.78, 5) is 23.7. The van der Waals surface area contributed by atoms with Gasteiger partial charge in [-0.2, -0.15) is 0 Å². The highest BCUT2D eigenvalue weighted by molar-refractivity contribution is 9.10. The molecule has 0 fully saturated rings. The number of carbonyl (C=O) groups excluding carboxylic acids is 2. The second kappa shape index (κ2) is 7.25. The van der Waals surface area contributed by atoms with Crippen LogP contribution < -0.4 is 10.1 Å². The number of aliphatic hydroxyl groups is 1. The van der Waals surface area contributed by atoms with Crippen molar-refractivity contribution in [3.05, 3.63) is 28.2 Å². The Morgan fingerprint density at radius 2 is 2.00 bits per heavy atom. The van der Waals surface area contributed by atoms with Crippen molar-refractivity contribution in [2.45, 2.75) is 19.1 Å². The molecule has 0 saturated heterocycles. The number of methoxy groups -OCH3 is 2. The van der Waals surface area contributed by atoms with Gasteiger partial charge in [-0.3, -0.25) is 4.79 Å². The number of esters is 1. The molecule has 0 radical (unpaired) electrons. The minimum atomic E-state index is -1.14. The molecule has 1 aromatic rings. The quantitative estimate of drug-likeness (QED) is 0.781. The van der Waals surface area contributed by atoms with Crippen LogP contribution in [0.25, 0.3) is 0 Å². The van der Waals surface area contributed by atoms with Crippen molar-refractivity contribution in [3.63, 3.8) is 0 Å². The summed E-state index contributed by atoms with van der Waals surface area (Å²) in [7, 11) is 2.62. The minimum Gasteiger partial charge on any atom is -0.496 e. The SMILES string of the molecule is COC(=O)[C@H](NC(=O)c1cc(Br)ccc1OC)[C@H](C)O. The van der Waals surface area contributed by atoms with Crippen LogP contribution in [-0.2, 0) is 9.53 Å². The van der Waals surface area contributed by atoms with E-state index in [-0.39, 0.29) is 5.56 Å². The number of rotatable bonds is 5. The van der Waals surface area contributed by atoms with Crippen LogP contribution in [0.5, 0.6) is 5.75 Å². The highest BCUT2D eigenvalue weighted by Gasteiger charge is 2.27. The van der Waals surface area contributed by atoms with Gasteiger partial charge in [0.15, 0.2) is 6.04 Å². The Kier molecular flexibility index (Phi) is 5.97. The summed E-state index contributed by atoms with van der Waals surface area (Å²) in [6.45, 7) is 1.39. The second-order valence-corrected chi connectivity index (χ2v) is 4.98. The maximum absolute atomic E-state index is 12.2. The molecule has 110 valence electrons. The van der Waals surface area contributed by atoms with Crippen molar-refractivity contribution in [2.24, 2.45) is 0 Å². The van der Waals surface area contributed by atoms with Crippen molar-refractivity contribution in [1.29, 1.82) is 0 Å². The molecule has 20 heavy (non-hydrogen) atoms. The molecule has 1 aromatic carbocycles. The minimum absolute atomic E-state index is 0.247. The topological polar surface area (TPSA) is 84.9 Å². The first-order chi connectivity index (χ1) is 9.40. The Morgan fingerprint density at radius 1 is 1.35 bits per heavy atom. The molecule has 7 heteroatoms. The van der Waals surface area contributed by atoms with Gasteiger partial charge in [0, 0.05) is 4.47 Å². The van der Waals surface area contributed by atoms with Crippen LogP contribution in [0.15, 0.2) is 22.7 Å². The number of halogens is 1. The molecule has 2 N–H and O–H groups in total. The zero-order chi connectivity index (χ0) is 15.3. The molecule has 1 amide bonds. The monoisotopic (exact) mass is 345 g/mol. The normalized spacial score (nSPS) is 13.2. The first-order valence-electron chi connectivity index (χ1n) is 5.81. The third-order valence-electron chi connectivity index (χ3n) is 2.63. The molecule has 0 aromatic heterocycles. The molecule has 0 aliphatic carbocycles. The number of hydrogen-bond acceptors (Lipinski definition) is 5. The standard InChI is InChI=1S/C13H16BrNO5/c1-7(16)11(13(18)20-3)15-12(17)9-6-8(14)4-5-10(9)19-2/h4-7,11,16H,1-3H3,(H,15,17)/t7-,11+/m0/s1. The molecule has 0 aliphatic heterocycles. The van der Waals surface area contributed by atoms with Gasteiger partial charge >= 0.3 is 5.97 Å². The average Bonchev–Trinajstić information content (AvgIpc) is 2.43. The Morgan fingerprint density at radius 3 is 2.50 bits per heavy atom. The molecule has 6 nitrogen and oxygen atoms in total. The highest BCUT2D eigenvalue weighted by atomic mass is 79.9. The van der Waals surface area contributed by atoms with Gasteiger partial charge in [0.1, 0.15) is 5.75 Å². The van der Waals surface area contributed by atoms with Crippen LogP contribution in [-0.4, -0.2) is 43.3 Å². The van der Waals surface area contributed by atoms with E-state index in [1.807, 2.05) is 0 Å². The molecular weight excluding hydrogens is 330 g/mol. The Balaban J connectivity index is 3.00. The average molecular weight is 346 g/mol. The van der Waals surface area contributed by atoms with E-state index in [0.29, 0.717) is 10.2 Å². The lowest BCUT2D eigenvalue weighted by molar-refractivity contribution is -0.145. The number of nitrogens with one attached hydrogen (secondary N) is 1. The fourth-order valence-electron chi connectivity index (χ4n) is 1.58. The summed E-state index contributed by atoms with van der Waals surface area (Å²) in [6.07, 6.45) is -1.08. The van der Waals surface area contributed by atoms with Gasteiger partial charge in [-0.25, -0.2) is 4.79 Å². The molecule has 0 bridgehead atoms. The van der Waals surface area contributed by atoms with Gasteiger partial charge in [-0.05, 0) is 25.1 Å². The lowest BCUT2D eigenvalue weighted by atomic mass is 10.1. The van der Waals surface area contributed by atoms with Gasteiger partial charge in [0.2, 0.25) is 0 Å². The van der Waals surface area contributed by atoms with Gasteiger partial charge in [0.25, 0.3) is 5.91 Å². The van der Waals surface area contributed by atoms with Gasteiger partial charge < -0.3 is 19.9 Å². The predicted octanol–water partition coefficient (Wildman–Crippen LogP) is 1.11. The highest BCUT2D eigenvalue weighted by Crippen LogP contribution is 2.23. The Bertz CT molecular complexity index is 504.